The maximum Gasteiger partial charge on any atom is 0.323 e. The highest BCUT2D eigenvalue weighted by Gasteiger charge is 2.22. The summed E-state index contributed by atoms with van der Waals surface area (Å²) in [5.41, 5.74) is 6.05. The lowest BCUT2D eigenvalue weighted by molar-refractivity contribution is -0.419. The Balaban J connectivity index is 0.00000211. The Labute approximate surface area is 131 Å². The molecule has 1 rings (SSSR count). The first kappa shape index (κ1) is 20.1. The molecule has 2 N–H and O–H groups in total. The molecule has 0 saturated carbocycles. The minimum atomic E-state index is -0.776. The first-order valence-corrected chi connectivity index (χ1v) is 7.39. The van der Waals surface area contributed by atoms with E-state index in [0.29, 0.717) is 12.8 Å². The van der Waals surface area contributed by atoms with Crippen LogP contribution in [-0.2, 0) is 9.53 Å². The minimum absolute atomic E-state index is 0.0436. The normalized spacial score (nSPS) is 15.5. The van der Waals surface area contributed by atoms with E-state index in [1.165, 1.54) is 12.2 Å². The topological polar surface area (TPSA) is 95.5 Å². The molecule has 124 valence electrons. The molecule has 0 amide bonds. The van der Waals surface area contributed by atoms with Gasteiger partial charge in [-0.15, -0.1) is 0 Å². The lowest BCUT2D eigenvalue weighted by Gasteiger charge is -2.22. The van der Waals surface area contributed by atoms with Gasteiger partial charge in [-0.2, -0.15) is 0 Å². The van der Waals surface area contributed by atoms with Gasteiger partial charge in [0.2, 0.25) is 0 Å². The maximum absolute atomic E-state index is 11.8. The van der Waals surface area contributed by atoms with Gasteiger partial charge in [-0.1, -0.05) is 26.0 Å². The third-order valence-corrected chi connectivity index (χ3v) is 2.55. The number of nitro groups is 1. The minimum Gasteiger partial charge on any atom is -0.459 e. The molecule has 1 aliphatic rings. The predicted molar refractivity (Wildman–Crippen MR) is 86.7 cm³/mol. The second-order valence-corrected chi connectivity index (χ2v) is 5.58. The fourth-order valence-electron chi connectivity index (χ4n) is 1.66. The van der Waals surface area contributed by atoms with Crippen molar-refractivity contribution < 1.29 is 14.5 Å². The van der Waals surface area contributed by atoms with Gasteiger partial charge in [0.05, 0.1) is 4.92 Å². The number of nitrogens with zero attached hydrogens (tertiary/aromatic N) is 1. The molecular formula is C16H26N2O4. The second kappa shape index (κ2) is 9.15. The van der Waals surface area contributed by atoms with E-state index in [2.05, 4.69) is 0 Å². The molecule has 6 heteroatoms. The summed E-state index contributed by atoms with van der Waals surface area (Å²) < 4.78 is 5.20. The van der Waals surface area contributed by atoms with Gasteiger partial charge in [0.25, 0.3) is 5.70 Å². The van der Waals surface area contributed by atoms with Crippen LogP contribution in [0.4, 0.5) is 0 Å². The fourth-order valence-corrected chi connectivity index (χ4v) is 1.66. The number of rotatable bonds is 4. The van der Waals surface area contributed by atoms with E-state index in [4.69, 9.17) is 10.5 Å². The van der Waals surface area contributed by atoms with Crippen LogP contribution >= 0.6 is 0 Å². The van der Waals surface area contributed by atoms with Crippen LogP contribution in [0.15, 0.2) is 35.6 Å². The monoisotopic (exact) mass is 310 g/mol. The van der Waals surface area contributed by atoms with E-state index >= 15 is 0 Å². The van der Waals surface area contributed by atoms with E-state index in [-0.39, 0.29) is 5.70 Å². The van der Waals surface area contributed by atoms with Crippen molar-refractivity contribution in [1.82, 2.24) is 0 Å². The van der Waals surface area contributed by atoms with Crippen molar-refractivity contribution >= 4 is 5.97 Å². The molecule has 22 heavy (non-hydrogen) atoms. The summed E-state index contributed by atoms with van der Waals surface area (Å²) in [6, 6.07) is -0.776. The van der Waals surface area contributed by atoms with Gasteiger partial charge in [0.1, 0.15) is 11.6 Å². The van der Waals surface area contributed by atoms with Crippen molar-refractivity contribution in [3.8, 4) is 0 Å². The molecule has 1 unspecified atom stereocenters. The molecule has 1 atom stereocenters. The van der Waals surface area contributed by atoms with Crippen LogP contribution in [0.1, 0.15) is 47.5 Å². The largest absolute Gasteiger partial charge is 0.459 e. The molecule has 6 nitrogen and oxygen atoms in total. The first-order valence-electron chi connectivity index (χ1n) is 7.39. The number of esters is 1. The molecule has 0 radical (unpaired) electrons. The highest BCUT2D eigenvalue weighted by atomic mass is 16.6. The average Bonchev–Trinajstić information content (AvgIpc) is 2.64. The lowest BCUT2D eigenvalue weighted by atomic mass is 10.1. The molecule has 1 aliphatic carbocycles. The summed E-state index contributed by atoms with van der Waals surface area (Å²) >= 11 is 0. The standard InChI is InChI=1S/C14H20N2O4.C2H6/c1-14(2,3)20-13(17)12(15)9-10-5-4-6-11(8-7-10)16(18)19;1-2/h5-8,12H,4,9,15H2,1-3H3;1-2H3. The number of hydrogen-bond acceptors (Lipinski definition) is 5. The summed E-state index contributed by atoms with van der Waals surface area (Å²) in [6.07, 6.45) is 7.11. The number of ether oxygens (including phenoxy) is 1. The Hall–Kier alpha value is -1.95. The van der Waals surface area contributed by atoms with E-state index in [9.17, 15) is 14.9 Å². The zero-order valence-electron chi connectivity index (χ0n) is 14.0. The van der Waals surface area contributed by atoms with Gasteiger partial charge in [-0.3, -0.25) is 14.9 Å². The highest BCUT2D eigenvalue weighted by Crippen LogP contribution is 2.16. The quantitative estimate of drug-likeness (QED) is 0.489. The average molecular weight is 310 g/mol. The molecule has 0 spiro atoms. The van der Waals surface area contributed by atoms with Crippen LogP contribution in [0.5, 0.6) is 0 Å². The van der Waals surface area contributed by atoms with Crippen LogP contribution in [0.3, 0.4) is 0 Å². The van der Waals surface area contributed by atoms with Gasteiger partial charge in [0.15, 0.2) is 0 Å². The number of carbonyl (C=O) groups excluding carboxylic acids is 1. The van der Waals surface area contributed by atoms with E-state index < -0.39 is 22.5 Å². The third kappa shape index (κ3) is 7.73. The van der Waals surface area contributed by atoms with Gasteiger partial charge in [-0.25, -0.2) is 0 Å². The molecule has 0 heterocycles. The van der Waals surface area contributed by atoms with Crippen LogP contribution in [0.25, 0.3) is 0 Å². The zero-order chi connectivity index (χ0) is 17.3. The Morgan fingerprint density at radius 1 is 1.36 bits per heavy atom. The summed E-state index contributed by atoms with van der Waals surface area (Å²) in [5, 5.41) is 10.7. The van der Waals surface area contributed by atoms with Gasteiger partial charge in [0, 0.05) is 6.08 Å². The summed E-state index contributed by atoms with van der Waals surface area (Å²) in [5.74, 6) is -0.474. The second-order valence-electron chi connectivity index (χ2n) is 5.58. The summed E-state index contributed by atoms with van der Waals surface area (Å²) in [4.78, 5) is 22.0. The first-order chi connectivity index (χ1) is 10.2. The van der Waals surface area contributed by atoms with E-state index in [0.717, 1.165) is 5.57 Å². The van der Waals surface area contributed by atoms with Crippen LogP contribution in [0.2, 0.25) is 0 Å². The van der Waals surface area contributed by atoms with Crippen LogP contribution < -0.4 is 5.73 Å². The van der Waals surface area contributed by atoms with Gasteiger partial charge >= 0.3 is 5.97 Å². The van der Waals surface area contributed by atoms with Gasteiger partial charge < -0.3 is 10.5 Å². The smallest absolute Gasteiger partial charge is 0.323 e. The Kier molecular flexibility index (Phi) is 8.34. The van der Waals surface area contributed by atoms with E-state index in [1.54, 1.807) is 26.8 Å². The highest BCUT2D eigenvalue weighted by molar-refractivity contribution is 5.76. The Morgan fingerprint density at radius 2 is 1.95 bits per heavy atom. The Bertz CT molecular complexity index is 485. The number of carbonyl (C=O) groups is 1. The van der Waals surface area contributed by atoms with Crippen molar-refractivity contribution in [3.05, 3.63) is 45.7 Å². The van der Waals surface area contributed by atoms with Crippen molar-refractivity contribution in [3.63, 3.8) is 0 Å². The number of hydrogen-bond donors (Lipinski definition) is 1. The molecular weight excluding hydrogens is 284 g/mol. The van der Waals surface area contributed by atoms with Crippen LogP contribution in [0, 0.1) is 10.1 Å². The molecule has 0 aromatic heterocycles. The summed E-state index contributed by atoms with van der Waals surface area (Å²) in [7, 11) is 0. The maximum atomic E-state index is 11.8. The molecule has 0 fully saturated rings. The molecule has 0 bridgehead atoms. The van der Waals surface area contributed by atoms with E-state index in [1.807, 2.05) is 19.9 Å². The van der Waals surface area contributed by atoms with Gasteiger partial charge in [-0.05, 0) is 45.3 Å². The number of allylic oxidation sites excluding steroid dienone is 4. The third-order valence-electron chi connectivity index (χ3n) is 2.55. The number of nitrogens with two attached hydrogens (primary N) is 1. The molecule has 0 aromatic rings. The molecule has 0 aromatic carbocycles. The van der Waals surface area contributed by atoms with Crippen molar-refractivity contribution in [2.24, 2.45) is 5.73 Å². The van der Waals surface area contributed by atoms with Crippen molar-refractivity contribution in [2.45, 2.75) is 59.1 Å². The summed E-state index contributed by atoms with van der Waals surface area (Å²) in [6.45, 7) is 9.32. The molecule has 0 aliphatic heterocycles. The van der Waals surface area contributed by atoms with Crippen molar-refractivity contribution in [1.29, 1.82) is 0 Å². The van der Waals surface area contributed by atoms with Crippen molar-refractivity contribution in [2.75, 3.05) is 0 Å². The van der Waals surface area contributed by atoms with Crippen LogP contribution in [-0.4, -0.2) is 22.5 Å². The fraction of sp³-hybridized carbons (Fsp3) is 0.562. The zero-order valence-corrected chi connectivity index (χ0v) is 14.0. The SMILES string of the molecule is CC.CC(C)(C)OC(=O)C(N)CC1=CCC=C([N+](=O)[O-])C=C1. The lowest BCUT2D eigenvalue weighted by Crippen LogP contribution is -2.37. The molecule has 0 saturated heterocycles. The predicted octanol–water partition coefficient (Wildman–Crippen LogP) is 3.12. The Morgan fingerprint density at radius 3 is 2.45 bits per heavy atom.